The molecule has 2 rings (SSSR count). The van der Waals surface area contributed by atoms with Crippen LogP contribution in [-0.4, -0.2) is 26.0 Å². The van der Waals surface area contributed by atoms with Crippen molar-refractivity contribution in [1.82, 2.24) is 5.32 Å². The summed E-state index contributed by atoms with van der Waals surface area (Å²) in [6, 6.07) is 5.73. The zero-order chi connectivity index (χ0) is 11.5. The summed E-state index contributed by atoms with van der Waals surface area (Å²) in [6.45, 7) is 3.90. The first kappa shape index (κ1) is 11.1. The first-order chi connectivity index (χ1) is 7.70. The van der Waals surface area contributed by atoms with E-state index < -0.39 is 0 Å². The molecular weight excluding hydrogens is 202 g/mol. The fourth-order valence-corrected chi connectivity index (χ4v) is 1.90. The summed E-state index contributed by atoms with van der Waals surface area (Å²) < 4.78 is 5.22. The van der Waals surface area contributed by atoms with Gasteiger partial charge in [-0.1, -0.05) is 11.6 Å². The van der Waals surface area contributed by atoms with Crippen molar-refractivity contribution in [3.05, 3.63) is 29.3 Å². The lowest BCUT2D eigenvalue weighted by atomic mass is 9.93. The lowest BCUT2D eigenvalue weighted by Gasteiger charge is -2.26. The highest BCUT2D eigenvalue weighted by Crippen LogP contribution is 2.23. The molecule has 1 saturated heterocycles. The molecule has 0 amide bonds. The van der Waals surface area contributed by atoms with E-state index in [1.807, 2.05) is 25.1 Å². The number of hydrogen-bond donors (Lipinski definition) is 1. The number of Topliss-reactive ketones (excluding diaryl/α,β-unsaturated/α-hetero) is 1. The average Bonchev–Trinajstić information content (AvgIpc) is 2.23. The number of nitrogens with one attached hydrogen (secondary N) is 1. The number of carbonyl (C=O) groups is 1. The van der Waals surface area contributed by atoms with Gasteiger partial charge in [-0.15, -0.1) is 0 Å². The summed E-state index contributed by atoms with van der Waals surface area (Å²) in [7, 11) is 1.60. The van der Waals surface area contributed by atoms with Crippen molar-refractivity contribution in [2.45, 2.75) is 13.3 Å². The van der Waals surface area contributed by atoms with Crippen molar-refractivity contribution in [3.63, 3.8) is 0 Å². The maximum Gasteiger partial charge on any atom is 0.166 e. The van der Waals surface area contributed by atoms with Crippen LogP contribution in [0.25, 0.3) is 0 Å². The fraction of sp³-hybridized carbons (Fsp3) is 0.462. The molecule has 0 aromatic heterocycles. The molecule has 3 heteroatoms. The van der Waals surface area contributed by atoms with Gasteiger partial charge in [-0.3, -0.25) is 4.79 Å². The summed E-state index contributed by atoms with van der Waals surface area (Å²) in [5, 5.41) is 3.17. The quantitative estimate of drug-likeness (QED) is 0.785. The monoisotopic (exact) mass is 219 g/mol. The highest BCUT2D eigenvalue weighted by Gasteiger charge is 2.22. The Hall–Kier alpha value is -1.35. The number of ketones is 1. The third kappa shape index (κ3) is 2.25. The van der Waals surface area contributed by atoms with Gasteiger partial charge in [0.05, 0.1) is 12.7 Å². The van der Waals surface area contributed by atoms with Crippen molar-refractivity contribution in [3.8, 4) is 5.75 Å². The summed E-state index contributed by atoms with van der Waals surface area (Å²) in [6.07, 6.45) is 0.618. The molecule has 0 unspecified atom stereocenters. The standard InChI is InChI=1S/C13H17NO2/c1-9-3-4-13(16-2)11(5-9)12(15)6-10-7-14-8-10/h3-5,10,14H,6-8H2,1-2H3. The van der Waals surface area contributed by atoms with Gasteiger partial charge in [0, 0.05) is 6.42 Å². The molecule has 1 aliphatic rings. The van der Waals surface area contributed by atoms with E-state index in [2.05, 4.69) is 5.32 Å². The highest BCUT2D eigenvalue weighted by atomic mass is 16.5. The Kier molecular flexibility index (Phi) is 3.25. The second-order valence-electron chi connectivity index (χ2n) is 4.36. The van der Waals surface area contributed by atoms with Gasteiger partial charge in [-0.2, -0.15) is 0 Å². The van der Waals surface area contributed by atoms with Crippen LogP contribution >= 0.6 is 0 Å². The van der Waals surface area contributed by atoms with Crippen molar-refractivity contribution < 1.29 is 9.53 Å². The normalized spacial score (nSPS) is 15.6. The van der Waals surface area contributed by atoms with Crippen LogP contribution in [0.4, 0.5) is 0 Å². The van der Waals surface area contributed by atoms with E-state index in [1.54, 1.807) is 7.11 Å². The molecule has 16 heavy (non-hydrogen) atoms. The van der Waals surface area contributed by atoms with Crippen LogP contribution in [-0.2, 0) is 0 Å². The number of rotatable bonds is 4. The second kappa shape index (κ2) is 4.66. The number of aryl methyl sites for hydroxylation is 1. The summed E-state index contributed by atoms with van der Waals surface area (Å²) >= 11 is 0. The van der Waals surface area contributed by atoms with Gasteiger partial charge in [0.25, 0.3) is 0 Å². The van der Waals surface area contributed by atoms with Gasteiger partial charge >= 0.3 is 0 Å². The Morgan fingerprint density at radius 2 is 2.25 bits per heavy atom. The molecule has 0 spiro atoms. The molecule has 3 nitrogen and oxygen atoms in total. The maximum absolute atomic E-state index is 12.1. The van der Waals surface area contributed by atoms with Crippen LogP contribution in [0.3, 0.4) is 0 Å². The Morgan fingerprint density at radius 1 is 1.50 bits per heavy atom. The number of methoxy groups -OCH3 is 1. The minimum atomic E-state index is 0.187. The van der Waals surface area contributed by atoms with Gasteiger partial charge in [0.15, 0.2) is 5.78 Å². The highest BCUT2D eigenvalue weighted by molar-refractivity contribution is 5.99. The van der Waals surface area contributed by atoms with E-state index in [0.29, 0.717) is 18.1 Å². The predicted molar refractivity (Wildman–Crippen MR) is 63.0 cm³/mol. The van der Waals surface area contributed by atoms with E-state index in [0.717, 1.165) is 24.2 Å². The molecule has 1 N–H and O–H groups in total. The lowest BCUT2D eigenvalue weighted by Crippen LogP contribution is -2.42. The number of benzene rings is 1. The Labute approximate surface area is 95.8 Å². The molecule has 86 valence electrons. The van der Waals surface area contributed by atoms with Crippen molar-refractivity contribution in [1.29, 1.82) is 0 Å². The Bertz CT molecular complexity index is 397. The molecule has 1 fully saturated rings. The smallest absolute Gasteiger partial charge is 0.166 e. The van der Waals surface area contributed by atoms with Gasteiger partial charge in [-0.05, 0) is 38.1 Å². The van der Waals surface area contributed by atoms with E-state index in [1.165, 1.54) is 0 Å². The zero-order valence-corrected chi connectivity index (χ0v) is 9.75. The van der Waals surface area contributed by atoms with Gasteiger partial charge in [0.1, 0.15) is 5.75 Å². The minimum absolute atomic E-state index is 0.187. The predicted octanol–water partition coefficient (Wildman–Crippen LogP) is 1.80. The van der Waals surface area contributed by atoms with Gasteiger partial charge < -0.3 is 10.1 Å². The van der Waals surface area contributed by atoms with Crippen LogP contribution in [0.2, 0.25) is 0 Å². The number of hydrogen-bond acceptors (Lipinski definition) is 3. The van der Waals surface area contributed by atoms with Crippen molar-refractivity contribution in [2.24, 2.45) is 5.92 Å². The fourth-order valence-electron chi connectivity index (χ4n) is 1.90. The van der Waals surface area contributed by atoms with Crippen LogP contribution < -0.4 is 10.1 Å². The molecular formula is C13H17NO2. The largest absolute Gasteiger partial charge is 0.496 e. The molecule has 1 heterocycles. The molecule has 0 saturated carbocycles. The topological polar surface area (TPSA) is 38.3 Å². The molecule has 0 bridgehead atoms. The van der Waals surface area contributed by atoms with Crippen LogP contribution in [0, 0.1) is 12.8 Å². The van der Waals surface area contributed by atoms with Crippen molar-refractivity contribution >= 4 is 5.78 Å². The SMILES string of the molecule is COc1ccc(C)cc1C(=O)CC1CNC1. The number of carbonyl (C=O) groups excluding carboxylic acids is 1. The van der Waals surface area contributed by atoms with Crippen LogP contribution in [0.1, 0.15) is 22.3 Å². The molecule has 0 aliphatic carbocycles. The van der Waals surface area contributed by atoms with Crippen LogP contribution in [0.15, 0.2) is 18.2 Å². The van der Waals surface area contributed by atoms with E-state index >= 15 is 0 Å². The Balaban J connectivity index is 2.16. The van der Waals surface area contributed by atoms with Gasteiger partial charge in [-0.25, -0.2) is 0 Å². The lowest BCUT2D eigenvalue weighted by molar-refractivity contribution is 0.0942. The first-order valence-corrected chi connectivity index (χ1v) is 5.59. The molecule has 0 radical (unpaired) electrons. The third-order valence-electron chi connectivity index (χ3n) is 3.00. The maximum atomic E-state index is 12.1. The summed E-state index contributed by atoms with van der Waals surface area (Å²) in [5.41, 5.74) is 1.81. The summed E-state index contributed by atoms with van der Waals surface area (Å²) in [5.74, 6) is 1.37. The van der Waals surface area contributed by atoms with Crippen LogP contribution in [0.5, 0.6) is 5.75 Å². The van der Waals surface area contributed by atoms with Crippen molar-refractivity contribution in [2.75, 3.05) is 20.2 Å². The van der Waals surface area contributed by atoms with E-state index in [9.17, 15) is 4.79 Å². The first-order valence-electron chi connectivity index (χ1n) is 5.59. The average molecular weight is 219 g/mol. The molecule has 0 atom stereocenters. The Morgan fingerprint density at radius 3 is 2.81 bits per heavy atom. The van der Waals surface area contributed by atoms with Gasteiger partial charge in [0.2, 0.25) is 0 Å². The second-order valence-corrected chi connectivity index (χ2v) is 4.36. The number of ether oxygens (including phenoxy) is 1. The minimum Gasteiger partial charge on any atom is -0.496 e. The summed E-state index contributed by atoms with van der Waals surface area (Å²) in [4.78, 5) is 12.1. The third-order valence-corrected chi connectivity index (χ3v) is 3.00. The molecule has 1 aromatic carbocycles. The van der Waals surface area contributed by atoms with E-state index in [4.69, 9.17) is 4.74 Å². The molecule has 1 aliphatic heterocycles. The zero-order valence-electron chi connectivity index (χ0n) is 9.75. The van der Waals surface area contributed by atoms with E-state index in [-0.39, 0.29) is 5.78 Å². The molecule has 1 aromatic rings.